The van der Waals surface area contributed by atoms with Gasteiger partial charge in [-0.25, -0.2) is 9.78 Å². The Bertz CT molecular complexity index is 570. The van der Waals surface area contributed by atoms with Crippen molar-refractivity contribution in [2.45, 2.75) is 27.2 Å². The summed E-state index contributed by atoms with van der Waals surface area (Å²) in [7, 11) is 0. The minimum atomic E-state index is -0.920. The Kier molecular flexibility index (Phi) is 2.42. The molecule has 2 aromatic heterocycles. The third-order valence-corrected chi connectivity index (χ3v) is 2.66. The van der Waals surface area contributed by atoms with Crippen LogP contribution in [0.2, 0.25) is 0 Å². The maximum absolute atomic E-state index is 11.2. The van der Waals surface area contributed by atoms with Crippen molar-refractivity contribution in [1.29, 1.82) is 0 Å². The number of carboxylic acid groups (broad SMARTS) is 1. The first kappa shape index (κ1) is 10.7. The summed E-state index contributed by atoms with van der Waals surface area (Å²) in [5.74, 6) is -0.920. The lowest BCUT2D eigenvalue weighted by atomic mass is 10.2. The van der Waals surface area contributed by atoms with Crippen LogP contribution in [-0.2, 0) is 6.42 Å². The number of aromatic nitrogens is 2. The molecular formula is C12H14N2O2. The van der Waals surface area contributed by atoms with Gasteiger partial charge in [-0.05, 0) is 38.0 Å². The number of nitrogens with zero attached hydrogens (tertiary/aromatic N) is 2. The Balaban J connectivity index is 2.90. The number of hydrogen-bond donors (Lipinski definition) is 1. The van der Waals surface area contributed by atoms with E-state index in [4.69, 9.17) is 0 Å². The summed E-state index contributed by atoms with van der Waals surface area (Å²) in [6.07, 6.45) is 0.627. The monoisotopic (exact) mass is 218 g/mol. The fraction of sp³-hybridized carbons (Fsp3) is 0.333. The average molecular weight is 218 g/mol. The highest BCUT2D eigenvalue weighted by molar-refractivity contribution is 5.88. The van der Waals surface area contributed by atoms with E-state index in [-0.39, 0.29) is 5.69 Å². The van der Waals surface area contributed by atoms with E-state index in [9.17, 15) is 9.90 Å². The Labute approximate surface area is 93.5 Å². The first-order valence-electron chi connectivity index (χ1n) is 5.26. The van der Waals surface area contributed by atoms with Gasteiger partial charge in [0.1, 0.15) is 5.65 Å². The van der Waals surface area contributed by atoms with Gasteiger partial charge < -0.3 is 5.11 Å². The van der Waals surface area contributed by atoms with Crippen molar-refractivity contribution in [3.05, 3.63) is 34.8 Å². The fourth-order valence-corrected chi connectivity index (χ4v) is 2.04. The molecule has 0 aliphatic carbocycles. The normalized spacial score (nSPS) is 10.9. The summed E-state index contributed by atoms with van der Waals surface area (Å²) in [6.45, 7) is 5.79. The van der Waals surface area contributed by atoms with Crippen molar-refractivity contribution >= 4 is 11.6 Å². The number of rotatable bonds is 2. The van der Waals surface area contributed by atoms with Crippen LogP contribution >= 0.6 is 0 Å². The van der Waals surface area contributed by atoms with Crippen molar-refractivity contribution in [3.8, 4) is 0 Å². The maximum atomic E-state index is 11.2. The minimum absolute atomic E-state index is 0.287. The molecule has 0 atom stereocenters. The molecule has 0 saturated carbocycles. The van der Waals surface area contributed by atoms with Crippen molar-refractivity contribution in [2.24, 2.45) is 0 Å². The largest absolute Gasteiger partial charge is 0.477 e. The zero-order chi connectivity index (χ0) is 11.9. The second-order valence-electron chi connectivity index (χ2n) is 3.93. The molecule has 0 unspecified atom stereocenters. The van der Waals surface area contributed by atoms with Crippen LogP contribution in [-0.4, -0.2) is 20.5 Å². The Hall–Kier alpha value is -1.84. The summed E-state index contributed by atoms with van der Waals surface area (Å²) in [5, 5.41) is 9.22. The zero-order valence-electron chi connectivity index (χ0n) is 9.61. The second-order valence-corrected chi connectivity index (χ2v) is 3.93. The van der Waals surface area contributed by atoms with Gasteiger partial charge in [0, 0.05) is 5.69 Å². The standard InChI is InChI=1S/C12H14N2O2/c1-4-9-11(12(15)16)14-8(3)5-7(2)6-10(14)13-9/h5-6H,4H2,1-3H3,(H,15,16). The quantitative estimate of drug-likeness (QED) is 0.840. The molecule has 2 heterocycles. The van der Waals surface area contributed by atoms with E-state index < -0.39 is 5.97 Å². The number of carbonyl (C=O) groups is 1. The van der Waals surface area contributed by atoms with E-state index in [1.165, 1.54) is 0 Å². The van der Waals surface area contributed by atoms with Gasteiger partial charge in [-0.2, -0.15) is 0 Å². The first-order valence-corrected chi connectivity index (χ1v) is 5.26. The number of aromatic carboxylic acids is 1. The van der Waals surface area contributed by atoms with Crippen molar-refractivity contribution in [1.82, 2.24) is 9.38 Å². The number of fused-ring (bicyclic) bond motifs is 1. The third kappa shape index (κ3) is 1.46. The van der Waals surface area contributed by atoms with Gasteiger partial charge in [0.25, 0.3) is 0 Å². The second kappa shape index (κ2) is 3.63. The molecule has 0 spiro atoms. The number of hydrogen-bond acceptors (Lipinski definition) is 2. The highest BCUT2D eigenvalue weighted by atomic mass is 16.4. The molecule has 4 heteroatoms. The van der Waals surface area contributed by atoms with Crippen LogP contribution in [0.15, 0.2) is 12.1 Å². The number of carboxylic acids is 1. The molecule has 0 amide bonds. The van der Waals surface area contributed by atoms with Crippen LogP contribution in [0, 0.1) is 13.8 Å². The molecule has 0 aliphatic heterocycles. The first-order chi connectivity index (χ1) is 7.54. The van der Waals surface area contributed by atoms with Crippen LogP contribution in [0.5, 0.6) is 0 Å². The molecule has 0 saturated heterocycles. The summed E-state index contributed by atoms with van der Waals surface area (Å²) >= 11 is 0. The van der Waals surface area contributed by atoms with E-state index in [0.717, 1.165) is 11.3 Å². The molecule has 2 aromatic rings. The molecule has 0 bridgehead atoms. The fourth-order valence-electron chi connectivity index (χ4n) is 2.04. The molecule has 16 heavy (non-hydrogen) atoms. The van der Waals surface area contributed by atoms with Crippen LogP contribution in [0.4, 0.5) is 0 Å². The molecular weight excluding hydrogens is 204 g/mol. The lowest BCUT2D eigenvalue weighted by molar-refractivity contribution is 0.0688. The van der Waals surface area contributed by atoms with Crippen LogP contribution in [0.3, 0.4) is 0 Å². The SMILES string of the molecule is CCc1nc2cc(C)cc(C)n2c1C(=O)O. The molecule has 0 radical (unpaired) electrons. The number of aryl methyl sites for hydroxylation is 3. The molecule has 1 N–H and O–H groups in total. The van der Waals surface area contributed by atoms with Gasteiger partial charge in [-0.3, -0.25) is 4.40 Å². The van der Waals surface area contributed by atoms with Crippen molar-refractivity contribution < 1.29 is 9.90 Å². The lowest BCUT2D eigenvalue weighted by Crippen LogP contribution is -2.07. The summed E-state index contributed by atoms with van der Waals surface area (Å²) in [5.41, 5.74) is 3.64. The van der Waals surface area contributed by atoms with Gasteiger partial charge in [0.2, 0.25) is 0 Å². The summed E-state index contributed by atoms with van der Waals surface area (Å²) < 4.78 is 1.70. The van der Waals surface area contributed by atoms with Crippen LogP contribution in [0.1, 0.15) is 34.4 Å². The summed E-state index contributed by atoms with van der Waals surface area (Å²) in [4.78, 5) is 15.6. The van der Waals surface area contributed by atoms with E-state index in [0.29, 0.717) is 17.8 Å². The number of imidazole rings is 1. The van der Waals surface area contributed by atoms with Crippen LogP contribution in [0.25, 0.3) is 5.65 Å². The zero-order valence-corrected chi connectivity index (χ0v) is 9.61. The molecule has 0 aliphatic rings. The van der Waals surface area contributed by atoms with Gasteiger partial charge >= 0.3 is 5.97 Å². The maximum Gasteiger partial charge on any atom is 0.354 e. The van der Waals surface area contributed by atoms with Gasteiger partial charge in [-0.15, -0.1) is 0 Å². The van der Waals surface area contributed by atoms with E-state index >= 15 is 0 Å². The number of pyridine rings is 1. The minimum Gasteiger partial charge on any atom is -0.477 e. The molecule has 0 aromatic carbocycles. The predicted octanol–water partition coefficient (Wildman–Crippen LogP) is 2.21. The van der Waals surface area contributed by atoms with Gasteiger partial charge in [-0.1, -0.05) is 6.92 Å². The van der Waals surface area contributed by atoms with Crippen molar-refractivity contribution in [3.63, 3.8) is 0 Å². The predicted molar refractivity (Wildman–Crippen MR) is 61.0 cm³/mol. The Morgan fingerprint density at radius 1 is 1.44 bits per heavy atom. The van der Waals surface area contributed by atoms with E-state index in [2.05, 4.69) is 4.98 Å². The molecule has 0 fully saturated rings. The third-order valence-electron chi connectivity index (χ3n) is 2.66. The lowest BCUT2D eigenvalue weighted by Gasteiger charge is -2.04. The van der Waals surface area contributed by atoms with Gasteiger partial charge in [0.05, 0.1) is 5.69 Å². The Morgan fingerprint density at radius 3 is 2.69 bits per heavy atom. The molecule has 2 rings (SSSR count). The smallest absolute Gasteiger partial charge is 0.354 e. The Morgan fingerprint density at radius 2 is 2.12 bits per heavy atom. The van der Waals surface area contributed by atoms with Crippen molar-refractivity contribution in [2.75, 3.05) is 0 Å². The van der Waals surface area contributed by atoms with Gasteiger partial charge in [0.15, 0.2) is 5.69 Å². The van der Waals surface area contributed by atoms with Crippen LogP contribution < -0.4 is 0 Å². The topological polar surface area (TPSA) is 54.6 Å². The molecule has 4 nitrogen and oxygen atoms in total. The van der Waals surface area contributed by atoms with E-state index in [1.54, 1.807) is 4.40 Å². The summed E-state index contributed by atoms with van der Waals surface area (Å²) in [6, 6.07) is 3.86. The highest BCUT2D eigenvalue weighted by Crippen LogP contribution is 2.17. The average Bonchev–Trinajstić information content (AvgIpc) is 2.55. The van der Waals surface area contributed by atoms with E-state index in [1.807, 2.05) is 32.9 Å². The highest BCUT2D eigenvalue weighted by Gasteiger charge is 2.18. The molecule has 84 valence electrons.